The molecule has 2 heterocycles. The van der Waals surface area contributed by atoms with Crippen LogP contribution in [0.3, 0.4) is 0 Å². The number of nitrogen functional groups attached to an aromatic ring is 1. The second-order valence-electron chi connectivity index (χ2n) is 4.38. The van der Waals surface area contributed by atoms with Crippen molar-refractivity contribution >= 4 is 11.8 Å². The number of carbonyl (C=O) groups is 1. The number of ether oxygens (including phenoxy) is 1. The van der Waals surface area contributed by atoms with Crippen LogP contribution in [0, 0.1) is 6.92 Å². The van der Waals surface area contributed by atoms with E-state index in [1.807, 2.05) is 6.92 Å². The number of aryl methyl sites for hydroxylation is 1. The first kappa shape index (κ1) is 11.8. The fourth-order valence-electron chi connectivity index (χ4n) is 2.05. The maximum Gasteiger partial charge on any atom is 0.341 e. The summed E-state index contributed by atoms with van der Waals surface area (Å²) in [6.07, 6.45) is 1.76. The van der Waals surface area contributed by atoms with Crippen LogP contribution < -0.4 is 5.73 Å². The molecule has 0 spiro atoms. The topological polar surface area (TPSA) is 98.3 Å². The first-order valence-corrected chi connectivity index (χ1v) is 5.46. The molecule has 0 aromatic carbocycles. The number of rotatable bonds is 2. The smallest absolute Gasteiger partial charge is 0.341 e. The summed E-state index contributed by atoms with van der Waals surface area (Å²) in [6, 6.07) is 0. The van der Waals surface area contributed by atoms with Gasteiger partial charge in [-0.1, -0.05) is 0 Å². The molecule has 1 aromatic heterocycles. The number of aromatic carboxylic acids is 1. The number of hydrogen-bond donors (Lipinski definition) is 2. The Kier molecular flexibility index (Phi) is 2.74. The fourth-order valence-corrected chi connectivity index (χ4v) is 2.05. The number of anilines is 1. The zero-order valence-corrected chi connectivity index (χ0v) is 9.86. The van der Waals surface area contributed by atoms with Crippen LogP contribution in [-0.4, -0.2) is 27.7 Å². The minimum absolute atomic E-state index is 0.00303. The molecule has 3 N–H and O–H groups in total. The number of nitrogens with two attached hydrogens (primary N) is 1. The molecule has 92 valence electrons. The molecule has 1 saturated heterocycles. The standard InChI is InChI=1S/C11H15N3O3/c1-6-7(9(15)16)8(12)14-10(13-6)11(2)4-3-5-17-11/h3-5H2,1-2H3,(H,15,16)(H2,12,13,14). The van der Waals surface area contributed by atoms with Gasteiger partial charge in [-0.2, -0.15) is 0 Å². The van der Waals surface area contributed by atoms with Crippen LogP contribution in [0.2, 0.25) is 0 Å². The summed E-state index contributed by atoms with van der Waals surface area (Å²) in [4.78, 5) is 19.2. The Balaban J connectivity index is 2.48. The predicted molar refractivity (Wildman–Crippen MR) is 60.7 cm³/mol. The minimum Gasteiger partial charge on any atom is -0.477 e. The Morgan fingerprint density at radius 1 is 1.53 bits per heavy atom. The Bertz CT molecular complexity index is 444. The number of carboxylic acids is 1. The van der Waals surface area contributed by atoms with Crippen LogP contribution in [0.15, 0.2) is 0 Å². The molecule has 0 aliphatic carbocycles. The van der Waals surface area contributed by atoms with Crippen molar-refractivity contribution in [1.29, 1.82) is 0 Å². The summed E-state index contributed by atoms with van der Waals surface area (Å²) in [6.45, 7) is 4.18. The lowest BCUT2D eigenvalue weighted by molar-refractivity contribution is 0.00922. The van der Waals surface area contributed by atoms with Gasteiger partial charge in [0.25, 0.3) is 0 Å². The number of carboxylic acid groups (broad SMARTS) is 1. The van der Waals surface area contributed by atoms with Crippen molar-refractivity contribution in [2.75, 3.05) is 12.3 Å². The predicted octanol–water partition coefficient (Wildman–Crippen LogP) is 1.09. The van der Waals surface area contributed by atoms with Gasteiger partial charge in [0.05, 0.1) is 5.69 Å². The summed E-state index contributed by atoms with van der Waals surface area (Å²) in [5, 5.41) is 8.98. The number of aromatic nitrogens is 2. The van der Waals surface area contributed by atoms with Crippen molar-refractivity contribution in [3.63, 3.8) is 0 Å². The molecule has 1 fully saturated rings. The molecule has 0 bridgehead atoms. The lowest BCUT2D eigenvalue weighted by Crippen LogP contribution is -2.25. The van der Waals surface area contributed by atoms with Gasteiger partial charge in [-0.25, -0.2) is 14.8 Å². The van der Waals surface area contributed by atoms with Gasteiger partial charge in [0, 0.05) is 6.61 Å². The van der Waals surface area contributed by atoms with Crippen LogP contribution in [0.4, 0.5) is 5.82 Å². The molecule has 1 aliphatic heterocycles. The average Bonchev–Trinajstić information content (AvgIpc) is 2.64. The monoisotopic (exact) mass is 237 g/mol. The maximum absolute atomic E-state index is 11.0. The van der Waals surface area contributed by atoms with Crippen LogP contribution in [-0.2, 0) is 10.3 Å². The van der Waals surface area contributed by atoms with E-state index in [1.54, 1.807) is 6.92 Å². The second kappa shape index (κ2) is 3.96. The van der Waals surface area contributed by atoms with E-state index in [-0.39, 0.29) is 11.4 Å². The van der Waals surface area contributed by atoms with E-state index >= 15 is 0 Å². The van der Waals surface area contributed by atoms with Crippen LogP contribution in [0.25, 0.3) is 0 Å². The van der Waals surface area contributed by atoms with Gasteiger partial charge in [-0.3, -0.25) is 0 Å². The average molecular weight is 237 g/mol. The molecule has 1 atom stereocenters. The molecule has 6 heteroatoms. The zero-order chi connectivity index (χ0) is 12.6. The zero-order valence-electron chi connectivity index (χ0n) is 9.86. The molecule has 17 heavy (non-hydrogen) atoms. The van der Waals surface area contributed by atoms with Crippen molar-refractivity contribution in [3.05, 3.63) is 17.1 Å². The van der Waals surface area contributed by atoms with Gasteiger partial charge in [-0.05, 0) is 26.7 Å². The highest BCUT2D eigenvalue weighted by Crippen LogP contribution is 2.34. The van der Waals surface area contributed by atoms with Crippen LogP contribution in [0.1, 0.15) is 41.6 Å². The molecule has 6 nitrogen and oxygen atoms in total. The van der Waals surface area contributed by atoms with Crippen LogP contribution >= 0.6 is 0 Å². The third-order valence-corrected chi connectivity index (χ3v) is 3.02. The van der Waals surface area contributed by atoms with E-state index in [0.29, 0.717) is 18.1 Å². The highest BCUT2D eigenvalue weighted by Gasteiger charge is 2.35. The third kappa shape index (κ3) is 1.95. The Morgan fingerprint density at radius 3 is 2.71 bits per heavy atom. The second-order valence-corrected chi connectivity index (χ2v) is 4.38. The quantitative estimate of drug-likeness (QED) is 0.798. The normalized spacial score (nSPS) is 23.9. The summed E-state index contributed by atoms with van der Waals surface area (Å²) in [7, 11) is 0. The van der Waals surface area contributed by atoms with Crippen LogP contribution in [0.5, 0.6) is 0 Å². The van der Waals surface area contributed by atoms with E-state index < -0.39 is 11.6 Å². The molecular weight excluding hydrogens is 222 g/mol. The van der Waals surface area contributed by atoms with Gasteiger partial charge in [0.15, 0.2) is 5.82 Å². The van der Waals surface area contributed by atoms with Crippen molar-refractivity contribution in [2.45, 2.75) is 32.3 Å². The Morgan fingerprint density at radius 2 is 2.24 bits per heavy atom. The van der Waals surface area contributed by atoms with Crippen molar-refractivity contribution in [1.82, 2.24) is 9.97 Å². The van der Waals surface area contributed by atoms with E-state index in [0.717, 1.165) is 12.8 Å². The molecule has 0 amide bonds. The van der Waals surface area contributed by atoms with Gasteiger partial charge in [-0.15, -0.1) is 0 Å². The maximum atomic E-state index is 11.0. The highest BCUT2D eigenvalue weighted by molar-refractivity contribution is 5.93. The molecule has 1 aromatic rings. The molecule has 2 rings (SSSR count). The first-order chi connectivity index (χ1) is 7.94. The summed E-state index contributed by atoms with van der Waals surface area (Å²) < 4.78 is 5.61. The number of hydrogen-bond acceptors (Lipinski definition) is 5. The summed E-state index contributed by atoms with van der Waals surface area (Å²) >= 11 is 0. The van der Waals surface area contributed by atoms with Crippen molar-refractivity contribution in [3.8, 4) is 0 Å². The lowest BCUT2D eigenvalue weighted by atomic mass is 10.0. The Labute approximate surface area is 98.8 Å². The highest BCUT2D eigenvalue weighted by atomic mass is 16.5. The number of nitrogens with zero attached hydrogens (tertiary/aromatic N) is 2. The van der Waals surface area contributed by atoms with Crippen molar-refractivity contribution < 1.29 is 14.6 Å². The van der Waals surface area contributed by atoms with E-state index in [9.17, 15) is 4.79 Å². The lowest BCUT2D eigenvalue weighted by Gasteiger charge is -2.22. The van der Waals surface area contributed by atoms with Gasteiger partial charge >= 0.3 is 5.97 Å². The van der Waals surface area contributed by atoms with Gasteiger partial charge < -0.3 is 15.6 Å². The van der Waals surface area contributed by atoms with E-state index in [4.69, 9.17) is 15.6 Å². The van der Waals surface area contributed by atoms with E-state index in [1.165, 1.54) is 0 Å². The first-order valence-electron chi connectivity index (χ1n) is 5.46. The molecule has 1 aliphatic rings. The fraction of sp³-hybridized carbons (Fsp3) is 0.545. The van der Waals surface area contributed by atoms with Gasteiger partial charge in [0.1, 0.15) is 17.0 Å². The molecule has 0 saturated carbocycles. The summed E-state index contributed by atoms with van der Waals surface area (Å²) in [5.41, 5.74) is 5.46. The largest absolute Gasteiger partial charge is 0.477 e. The minimum atomic E-state index is -1.11. The molecular formula is C11H15N3O3. The summed E-state index contributed by atoms with van der Waals surface area (Å²) in [5.74, 6) is -0.643. The van der Waals surface area contributed by atoms with Crippen molar-refractivity contribution in [2.24, 2.45) is 0 Å². The van der Waals surface area contributed by atoms with E-state index in [2.05, 4.69) is 9.97 Å². The Hall–Kier alpha value is -1.69. The third-order valence-electron chi connectivity index (χ3n) is 3.02. The molecule has 0 radical (unpaired) electrons. The van der Waals surface area contributed by atoms with Gasteiger partial charge in [0.2, 0.25) is 0 Å². The SMILES string of the molecule is Cc1nc(C2(C)CCCO2)nc(N)c1C(=O)O. The molecule has 1 unspecified atom stereocenters.